The van der Waals surface area contributed by atoms with Crippen LogP contribution in [0.25, 0.3) is 0 Å². The Kier molecular flexibility index (Phi) is 7.23. The molecule has 4 heteroatoms. The Morgan fingerprint density at radius 3 is 2.08 bits per heavy atom. The van der Waals surface area contributed by atoms with Crippen molar-refractivity contribution in [2.75, 3.05) is 39.5 Å². The first-order valence-corrected chi connectivity index (χ1v) is 9.41. The van der Waals surface area contributed by atoms with Gasteiger partial charge in [0.25, 0.3) is 0 Å². The van der Waals surface area contributed by atoms with Crippen LogP contribution in [0.5, 0.6) is 0 Å². The number of benzene rings is 2. The van der Waals surface area contributed by atoms with Crippen LogP contribution in [0, 0.1) is 0 Å². The van der Waals surface area contributed by atoms with Crippen LogP contribution >= 0.6 is 0 Å². The van der Waals surface area contributed by atoms with Crippen molar-refractivity contribution in [1.82, 2.24) is 4.90 Å². The van der Waals surface area contributed by atoms with E-state index in [4.69, 9.17) is 9.47 Å². The highest BCUT2D eigenvalue weighted by atomic mass is 16.5. The molecule has 2 aromatic carbocycles. The first-order chi connectivity index (χ1) is 12.8. The van der Waals surface area contributed by atoms with Crippen molar-refractivity contribution in [3.63, 3.8) is 0 Å². The predicted octanol–water partition coefficient (Wildman–Crippen LogP) is 3.47. The van der Waals surface area contributed by atoms with Gasteiger partial charge in [-0.2, -0.15) is 0 Å². The van der Waals surface area contributed by atoms with E-state index >= 15 is 0 Å². The minimum atomic E-state index is -0.364. The van der Waals surface area contributed by atoms with Gasteiger partial charge in [-0.3, -0.25) is 9.69 Å². The SMILES string of the molecule is O=C(OCCCCN1CCOCC1)C(c1ccccc1)c1ccccc1. The third-order valence-corrected chi connectivity index (χ3v) is 4.72. The molecule has 1 aliphatic rings. The molecule has 138 valence electrons. The quantitative estimate of drug-likeness (QED) is 0.538. The zero-order valence-electron chi connectivity index (χ0n) is 15.2. The van der Waals surface area contributed by atoms with Crippen molar-refractivity contribution < 1.29 is 14.3 Å². The minimum Gasteiger partial charge on any atom is -0.465 e. The number of rotatable bonds is 8. The van der Waals surface area contributed by atoms with E-state index in [1.807, 2.05) is 60.7 Å². The Morgan fingerprint density at radius 2 is 1.50 bits per heavy atom. The van der Waals surface area contributed by atoms with Gasteiger partial charge in [0, 0.05) is 13.1 Å². The van der Waals surface area contributed by atoms with Crippen LogP contribution in [0.1, 0.15) is 29.9 Å². The summed E-state index contributed by atoms with van der Waals surface area (Å²) in [5, 5.41) is 0. The minimum absolute atomic E-state index is 0.172. The van der Waals surface area contributed by atoms with Gasteiger partial charge in [-0.1, -0.05) is 60.7 Å². The van der Waals surface area contributed by atoms with Crippen LogP contribution in [-0.2, 0) is 14.3 Å². The van der Waals surface area contributed by atoms with Crippen LogP contribution in [0.2, 0.25) is 0 Å². The summed E-state index contributed by atoms with van der Waals surface area (Å²) in [7, 11) is 0. The zero-order chi connectivity index (χ0) is 18.0. The lowest BCUT2D eigenvalue weighted by Crippen LogP contribution is -2.36. The molecular weight excluding hydrogens is 326 g/mol. The van der Waals surface area contributed by atoms with Gasteiger partial charge in [-0.15, -0.1) is 0 Å². The number of hydrogen-bond acceptors (Lipinski definition) is 4. The fraction of sp³-hybridized carbons (Fsp3) is 0.409. The number of esters is 1. The van der Waals surface area contributed by atoms with E-state index in [0.29, 0.717) is 6.61 Å². The number of nitrogens with zero attached hydrogens (tertiary/aromatic N) is 1. The van der Waals surface area contributed by atoms with E-state index in [2.05, 4.69) is 4.90 Å². The monoisotopic (exact) mass is 353 g/mol. The highest BCUT2D eigenvalue weighted by Gasteiger charge is 2.23. The van der Waals surface area contributed by atoms with Crippen molar-refractivity contribution in [3.05, 3.63) is 71.8 Å². The first-order valence-electron chi connectivity index (χ1n) is 9.41. The number of unbranched alkanes of at least 4 members (excludes halogenated alkanes) is 1. The smallest absolute Gasteiger partial charge is 0.317 e. The number of ether oxygens (including phenoxy) is 2. The summed E-state index contributed by atoms with van der Waals surface area (Å²) in [4.78, 5) is 15.2. The van der Waals surface area contributed by atoms with Crippen LogP contribution in [0.4, 0.5) is 0 Å². The second-order valence-electron chi connectivity index (χ2n) is 6.58. The highest BCUT2D eigenvalue weighted by Crippen LogP contribution is 2.26. The molecule has 26 heavy (non-hydrogen) atoms. The molecule has 4 nitrogen and oxygen atoms in total. The van der Waals surface area contributed by atoms with E-state index in [1.165, 1.54) is 0 Å². The van der Waals surface area contributed by atoms with Gasteiger partial charge in [-0.05, 0) is 30.5 Å². The number of carbonyl (C=O) groups excluding carboxylic acids is 1. The van der Waals surface area contributed by atoms with E-state index in [1.54, 1.807) is 0 Å². The van der Waals surface area contributed by atoms with E-state index < -0.39 is 0 Å². The average Bonchev–Trinajstić information content (AvgIpc) is 2.70. The van der Waals surface area contributed by atoms with Gasteiger partial charge in [0.15, 0.2) is 0 Å². The van der Waals surface area contributed by atoms with Gasteiger partial charge in [0.2, 0.25) is 0 Å². The van der Waals surface area contributed by atoms with E-state index in [-0.39, 0.29) is 11.9 Å². The molecule has 1 aliphatic heterocycles. The van der Waals surface area contributed by atoms with Gasteiger partial charge in [-0.25, -0.2) is 0 Å². The molecule has 0 saturated carbocycles. The lowest BCUT2D eigenvalue weighted by Gasteiger charge is -2.26. The summed E-state index contributed by atoms with van der Waals surface area (Å²) in [5.74, 6) is -0.537. The molecule has 0 aromatic heterocycles. The molecule has 3 rings (SSSR count). The molecule has 0 radical (unpaired) electrons. The largest absolute Gasteiger partial charge is 0.465 e. The van der Waals surface area contributed by atoms with Gasteiger partial charge in [0.1, 0.15) is 5.92 Å². The standard InChI is InChI=1S/C22H27NO3/c24-22(26-16-8-7-13-23-14-17-25-18-15-23)21(19-9-3-1-4-10-19)20-11-5-2-6-12-20/h1-6,9-12,21H,7-8,13-18H2. The molecule has 0 aliphatic carbocycles. The molecule has 1 saturated heterocycles. The molecule has 0 unspecified atom stereocenters. The zero-order valence-corrected chi connectivity index (χ0v) is 15.2. The summed E-state index contributed by atoms with van der Waals surface area (Å²) in [6.45, 7) is 5.17. The maximum Gasteiger partial charge on any atom is 0.317 e. The fourth-order valence-corrected chi connectivity index (χ4v) is 3.27. The third-order valence-electron chi connectivity index (χ3n) is 4.72. The van der Waals surface area contributed by atoms with Crippen molar-refractivity contribution in [1.29, 1.82) is 0 Å². The number of hydrogen-bond donors (Lipinski definition) is 0. The van der Waals surface area contributed by atoms with Crippen LogP contribution < -0.4 is 0 Å². The van der Waals surface area contributed by atoms with Gasteiger partial charge < -0.3 is 9.47 Å². The molecule has 0 spiro atoms. The second-order valence-corrected chi connectivity index (χ2v) is 6.58. The molecule has 0 bridgehead atoms. The lowest BCUT2D eigenvalue weighted by atomic mass is 9.91. The fourth-order valence-electron chi connectivity index (χ4n) is 3.27. The number of carbonyl (C=O) groups is 1. The summed E-state index contributed by atoms with van der Waals surface area (Å²) in [6.07, 6.45) is 1.92. The average molecular weight is 353 g/mol. The summed E-state index contributed by atoms with van der Waals surface area (Å²) < 4.78 is 11.0. The van der Waals surface area contributed by atoms with E-state index in [9.17, 15) is 4.79 Å². The Hall–Kier alpha value is -2.17. The lowest BCUT2D eigenvalue weighted by molar-refractivity contribution is -0.144. The first kappa shape index (κ1) is 18.6. The van der Waals surface area contributed by atoms with Crippen LogP contribution in [0.3, 0.4) is 0 Å². The van der Waals surface area contributed by atoms with E-state index in [0.717, 1.165) is 56.8 Å². The molecule has 1 fully saturated rings. The molecule has 2 aromatic rings. The highest BCUT2D eigenvalue weighted by molar-refractivity contribution is 5.82. The molecule has 0 N–H and O–H groups in total. The molecule has 1 heterocycles. The molecule has 0 amide bonds. The van der Waals surface area contributed by atoms with Crippen molar-refractivity contribution in [2.45, 2.75) is 18.8 Å². The van der Waals surface area contributed by atoms with Gasteiger partial charge >= 0.3 is 5.97 Å². The summed E-state index contributed by atoms with van der Waals surface area (Å²) >= 11 is 0. The Bertz CT molecular complexity index is 614. The maximum absolute atomic E-state index is 12.8. The van der Waals surface area contributed by atoms with Crippen LogP contribution in [-0.4, -0.2) is 50.3 Å². The Balaban J connectivity index is 1.51. The topological polar surface area (TPSA) is 38.8 Å². The van der Waals surface area contributed by atoms with Crippen molar-refractivity contribution >= 4 is 5.97 Å². The Labute approximate surface area is 155 Å². The Morgan fingerprint density at radius 1 is 0.923 bits per heavy atom. The summed E-state index contributed by atoms with van der Waals surface area (Å²) in [6, 6.07) is 19.7. The van der Waals surface area contributed by atoms with Gasteiger partial charge in [0.05, 0.1) is 19.8 Å². The second kappa shape index (κ2) is 10.1. The third kappa shape index (κ3) is 5.41. The predicted molar refractivity (Wildman–Crippen MR) is 102 cm³/mol. The van der Waals surface area contributed by atoms with Crippen LogP contribution in [0.15, 0.2) is 60.7 Å². The summed E-state index contributed by atoms with van der Waals surface area (Å²) in [5.41, 5.74) is 1.94. The molecule has 0 atom stereocenters. The molecular formula is C22H27NO3. The maximum atomic E-state index is 12.8. The van der Waals surface area contributed by atoms with Crippen molar-refractivity contribution in [3.8, 4) is 0 Å². The van der Waals surface area contributed by atoms with Crippen molar-refractivity contribution in [2.24, 2.45) is 0 Å². The number of morpholine rings is 1. The normalized spacial score (nSPS) is 15.1.